The number of hydrogen-bond acceptors (Lipinski definition) is 2. The van der Waals surface area contributed by atoms with Crippen LogP contribution >= 0.6 is 22.9 Å². The molecule has 0 atom stereocenters. The van der Waals surface area contributed by atoms with Crippen LogP contribution in [-0.2, 0) is 17.8 Å². The molecule has 20 heavy (non-hydrogen) atoms. The van der Waals surface area contributed by atoms with Crippen LogP contribution in [0.2, 0.25) is 4.34 Å². The van der Waals surface area contributed by atoms with E-state index in [2.05, 4.69) is 0 Å². The molecular weight excluding hydrogens is 297 g/mol. The Morgan fingerprint density at radius 2 is 2.05 bits per heavy atom. The van der Waals surface area contributed by atoms with Gasteiger partial charge < -0.3 is 4.90 Å². The van der Waals surface area contributed by atoms with Crippen LogP contribution in [0.3, 0.4) is 0 Å². The van der Waals surface area contributed by atoms with Crippen LogP contribution in [0.1, 0.15) is 16.9 Å². The van der Waals surface area contributed by atoms with Crippen LogP contribution in [0.25, 0.3) is 0 Å². The molecule has 0 aliphatic heterocycles. The normalized spacial score (nSPS) is 10.6. The molecule has 0 radical (unpaired) electrons. The van der Waals surface area contributed by atoms with Gasteiger partial charge in [0.05, 0.1) is 10.9 Å². The summed E-state index contributed by atoms with van der Waals surface area (Å²) in [5, 5.41) is 0. The highest BCUT2D eigenvalue weighted by Crippen LogP contribution is 2.22. The topological polar surface area (TPSA) is 20.3 Å². The van der Waals surface area contributed by atoms with Crippen LogP contribution in [0, 0.1) is 5.82 Å². The minimum atomic E-state index is -0.256. The van der Waals surface area contributed by atoms with Crippen molar-refractivity contribution < 1.29 is 9.18 Å². The molecule has 0 spiro atoms. The van der Waals surface area contributed by atoms with E-state index in [9.17, 15) is 9.18 Å². The third kappa shape index (κ3) is 4.05. The van der Waals surface area contributed by atoms with Gasteiger partial charge in [0.1, 0.15) is 5.82 Å². The molecule has 1 aromatic heterocycles. The van der Waals surface area contributed by atoms with E-state index in [1.165, 1.54) is 17.4 Å². The molecule has 0 aliphatic rings. The zero-order chi connectivity index (χ0) is 14.5. The number of hydrogen-bond donors (Lipinski definition) is 0. The number of halogens is 2. The number of aryl methyl sites for hydroxylation is 1. The summed E-state index contributed by atoms with van der Waals surface area (Å²) in [6.45, 7) is 0.535. The maximum Gasteiger partial charge on any atom is 0.222 e. The number of rotatable bonds is 5. The Bertz CT molecular complexity index is 599. The molecule has 0 saturated carbocycles. The fourth-order valence-corrected chi connectivity index (χ4v) is 3.03. The summed E-state index contributed by atoms with van der Waals surface area (Å²) in [6, 6.07) is 10.3. The average molecular weight is 312 g/mol. The molecule has 2 rings (SSSR count). The van der Waals surface area contributed by atoms with Gasteiger partial charge in [-0.05, 0) is 30.2 Å². The second kappa shape index (κ2) is 6.86. The lowest BCUT2D eigenvalue weighted by Crippen LogP contribution is -2.26. The van der Waals surface area contributed by atoms with Crippen molar-refractivity contribution in [3.05, 3.63) is 57.0 Å². The first-order chi connectivity index (χ1) is 9.56. The van der Waals surface area contributed by atoms with Crippen molar-refractivity contribution in [3.8, 4) is 0 Å². The Kier molecular flexibility index (Phi) is 5.15. The summed E-state index contributed by atoms with van der Waals surface area (Å²) in [7, 11) is 1.75. The van der Waals surface area contributed by atoms with Crippen molar-refractivity contribution in [2.45, 2.75) is 19.4 Å². The molecule has 1 aromatic carbocycles. The van der Waals surface area contributed by atoms with Crippen molar-refractivity contribution in [3.63, 3.8) is 0 Å². The summed E-state index contributed by atoms with van der Waals surface area (Å²) < 4.78 is 14.2. The third-order valence-corrected chi connectivity index (χ3v) is 4.23. The van der Waals surface area contributed by atoms with E-state index in [0.717, 1.165) is 4.88 Å². The molecule has 1 heterocycles. The summed E-state index contributed by atoms with van der Waals surface area (Å²) in [6.07, 6.45) is 0.720. The highest BCUT2D eigenvalue weighted by atomic mass is 35.5. The van der Waals surface area contributed by atoms with Crippen molar-refractivity contribution in [2.75, 3.05) is 7.05 Å². The first-order valence-electron chi connectivity index (χ1n) is 6.28. The first-order valence-corrected chi connectivity index (χ1v) is 7.47. The van der Waals surface area contributed by atoms with E-state index in [-0.39, 0.29) is 11.7 Å². The molecule has 0 N–H and O–H groups in total. The number of benzene rings is 1. The van der Waals surface area contributed by atoms with Gasteiger partial charge in [-0.15, -0.1) is 11.3 Å². The van der Waals surface area contributed by atoms with Gasteiger partial charge in [0.25, 0.3) is 0 Å². The molecule has 0 fully saturated rings. The van der Waals surface area contributed by atoms with E-state index < -0.39 is 0 Å². The van der Waals surface area contributed by atoms with Gasteiger partial charge in [-0.2, -0.15) is 0 Å². The van der Waals surface area contributed by atoms with Gasteiger partial charge in [-0.3, -0.25) is 4.79 Å². The number of nitrogens with zero attached hydrogens (tertiary/aromatic N) is 1. The summed E-state index contributed by atoms with van der Waals surface area (Å²) >= 11 is 7.32. The molecule has 106 valence electrons. The van der Waals surface area contributed by atoms with Gasteiger partial charge in [-0.25, -0.2) is 4.39 Å². The Morgan fingerprint density at radius 1 is 1.30 bits per heavy atom. The fourth-order valence-electron chi connectivity index (χ4n) is 1.89. The van der Waals surface area contributed by atoms with Crippen LogP contribution in [0.4, 0.5) is 4.39 Å². The predicted octanol–water partition coefficient (Wildman–Crippen LogP) is 4.13. The van der Waals surface area contributed by atoms with E-state index in [1.807, 2.05) is 12.1 Å². The smallest absolute Gasteiger partial charge is 0.222 e. The SMILES string of the molecule is CN(Cc1ccc(Cl)s1)C(=O)CCc1ccccc1F. The van der Waals surface area contributed by atoms with E-state index in [4.69, 9.17) is 11.6 Å². The zero-order valence-electron chi connectivity index (χ0n) is 11.1. The molecule has 5 heteroatoms. The molecule has 0 unspecified atom stereocenters. The molecule has 2 aromatic rings. The summed E-state index contributed by atoms with van der Waals surface area (Å²) in [5.74, 6) is -0.259. The summed E-state index contributed by atoms with van der Waals surface area (Å²) in [4.78, 5) is 14.7. The number of carbonyl (C=O) groups excluding carboxylic acids is 1. The van der Waals surface area contributed by atoms with Gasteiger partial charge in [0.2, 0.25) is 5.91 Å². The average Bonchev–Trinajstić information content (AvgIpc) is 2.82. The molecule has 0 bridgehead atoms. The third-order valence-electron chi connectivity index (χ3n) is 3.01. The van der Waals surface area contributed by atoms with Crippen molar-refractivity contribution in [2.24, 2.45) is 0 Å². The second-order valence-electron chi connectivity index (χ2n) is 4.55. The standard InChI is InChI=1S/C15H15ClFNOS/c1-18(10-12-7-8-14(16)20-12)15(19)9-6-11-4-2-3-5-13(11)17/h2-5,7-8H,6,9-10H2,1H3. The lowest BCUT2D eigenvalue weighted by Gasteiger charge is -2.16. The highest BCUT2D eigenvalue weighted by Gasteiger charge is 2.11. The van der Waals surface area contributed by atoms with Crippen LogP contribution < -0.4 is 0 Å². The predicted molar refractivity (Wildman–Crippen MR) is 80.5 cm³/mol. The minimum Gasteiger partial charge on any atom is -0.341 e. The number of carbonyl (C=O) groups is 1. The van der Waals surface area contributed by atoms with Gasteiger partial charge in [0.15, 0.2) is 0 Å². The Labute approximate surface area is 126 Å². The Balaban J connectivity index is 1.87. The van der Waals surface area contributed by atoms with E-state index in [0.29, 0.717) is 29.3 Å². The molecule has 1 amide bonds. The monoisotopic (exact) mass is 311 g/mol. The lowest BCUT2D eigenvalue weighted by molar-refractivity contribution is -0.130. The minimum absolute atomic E-state index is 0.00206. The highest BCUT2D eigenvalue weighted by molar-refractivity contribution is 7.16. The van der Waals surface area contributed by atoms with Crippen LogP contribution in [-0.4, -0.2) is 17.9 Å². The van der Waals surface area contributed by atoms with Crippen molar-refractivity contribution in [1.29, 1.82) is 0 Å². The van der Waals surface area contributed by atoms with Crippen LogP contribution in [0.15, 0.2) is 36.4 Å². The Morgan fingerprint density at radius 3 is 2.70 bits per heavy atom. The van der Waals surface area contributed by atoms with Gasteiger partial charge in [-0.1, -0.05) is 29.8 Å². The number of thiophene rings is 1. The first kappa shape index (κ1) is 15.0. The molecule has 2 nitrogen and oxygen atoms in total. The lowest BCUT2D eigenvalue weighted by atomic mass is 10.1. The van der Waals surface area contributed by atoms with Gasteiger partial charge in [0, 0.05) is 18.3 Å². The van der Waals surface area contributed by atoms with Crippen molar-refractivity contribution >= 4 is 28.8 Å². The maximum absolute atomic E-state index is 13.5. The van der Waals surface area contributed by atoms with E-state index in [1.54, 1.807) is 30.1 Å². The second-order valence-corrected chi connectivity index (χ2v) is 6.35. The van der Waals surface area contributed by atoms with E-state index >= 15 is 0 Å². The zero-order valence-corrected chi connectivity index (χ0v) is 12.7. The largest absolute Gasteiger partial charge is 0.341 e. The number of amides is 1. The fraction of sp³-hybridized carbons (Fsp3) is 0.267. The van der Waals surface area contributed by atoms with Crippen LogP contribution in [0.5, 0.6) is 0 Å². The molecule has 0 saturated heterocycles. The molecule has 0 aliphatic carbocycles. The summed E-state index contributed by atoms with van der Waals surface area (Å²) in [5.41, 5.74) is 0.577. The quantitative estimate of drug-likeness (QED) is 0.813. The Hall–Kier alpha value is -1.39. The maximum atomic E-state index is 13.5. The van der Waals surface area contributed by atoms with Crippen molar-refractivity contribution in [1.82, 2.24) is 4.90 Å². The van der Waals surface area contributed by atoms with Gasteiger partial charge >= 0.3 is 0 Å². The molecular formula is C15H15ClFNOS.